The molecule has 0 aliphatic heterocycles. The highest BCUT2D eigenvalue weighted by atomic mass is 16.4. The molecule has 18 heavy (non-hydrogen) atoms. The summed E-state index contributed by atoms with van der Waals surface area (Å²) in [6.07, 6.45) is 2.86. The number of carboxylic acids is 1. The lowest BCUT2D eigenvalue weighted by atomic mass is 9.83. The highest BCUT2D eigenvalue weighted by Crippen LogP contribution is 2.40. The summed E-state index contributed by atoms with van der Waals surface area (Å²) in [5, 5.41) is 9.23. The van der Waals surface area contributed by atoms with E-state index in [4.69, 9.17) is 0 Å². The Hall–Kier alpha value is -1.31. The third-order valence-electron chi connectivity index (χ3n) is 4.04. The van der Waals surface area contributed by atoms with Gasteiger partial charge in [-0.05, 0) is 35.3 Å². The van der Waals surface area contributed by atoms with Gasteiger partial charge in [-0.3, -0.25) is 4.79 Å². The van der Waals surface area contributed by atoms with Crippen LogP contribution in [0.3, 0.4) is 0 Å². The molecule has 0 spiro atoms. The third kappa shape index (κ3) is 2.58. The van der Waals surface area contributed by atoms with Gasteiger partial charge < -0.3 is 5.11 Å². The van der Waals surface area contributed by atoms with Crippen molar-refractivity contribution in [2.45, 2.75) is 51.4 Å². The SMILES string of the molecule is CC(C)(C)c1ccc(C2CCCC2C(=O)O)cc1. The van der Waals surface area contributed by atoms with E-state index in [1.54, 1.807) is 0 Å². The molecule has 0 saturated heterocycles. The van der Waals surface area contributed by atoms with E-state index >= 15 is 0 Å². The van der Waals surface area contributed by atoms with Crippen LogP contribution in [-0.2, 0) is 10.2 Å². The fraction of sp³-hybridized carbons (Fsp3) is 0.562. The fourth-order valence-corrected chi connectivity index (χ4v) is 2.88. The Morgan fingerprint density at radius 2 is 1.78 bits per heavy atom. The zero-order valence-corrected chi connectivity index (χ0v) is 11.4. The number of rotatable bonds is 2. The first-order valence-corrected chi connectivity index (χ1v) is 6.73. The highest BCUT2D eigenvalue weighted by Gasteiger charge is 2.33. The zero-order valence-electron chi connectivity index (χ0n) is 11.4. The van der Waals surface area contributed by atoms with Crippen molar-refractivity contribution in [2.75, 3.05) is 0 Å². The fourth-order valence-electron chi connectivity index (χ4n) is 2.88. The van der Waals surface area contributed by atoms with Crippen molar-refractivity contribution < 1.29 is 9.90 Å². The lowest BCUT2D eigenvalue weighted by molar-refractivity contribution is -0.142. The zero-order chi connectivity index (χ0) is 13.3. The second kappa shape index (κ2) is 4.75. The van der Waals surface area contributed by atoms with Crippen LogP contribution in [0, 0.1) is 5.92 Å². The van der Waals surface area contributed by atoms with Crippen LogP contribution in [-0.4, -0.2) is 11.1 Å². The Balaban J connectivity index is 2.22. The van der Waals surface area contributed by atoms with Crippen molar-refractivity contribution in [3.63, 3.8) is 0 Å². The van der Waals surface area contributed by atoms with Gasteiger partial charge in [0.25, 0.3) is 0 Å². The smallest absolute Gasteiger partial charge is 0.307 e. The molecule has 1 aliphatic rings. The maximum absolute atomic E-state index is 11.2. The molecule has 1 aromatic rings. The van der Waals surface area contributed by atoms with E-state index in [0.29, 0.717) is 0 Å². The van der Waals surface area contributed by atoms with Gasteiger partial charge in [0, 0.05) is 0 Å². The highest BCUT2D eigenvalue weighted by molar-refractivity contribution is 5.71. The first-order chi connectivity index (χ1) is 8.39. The minimum Gasteiger partial charge on any atom is -0.481 e. The first kappa shape index (κ1) is 13.1. The third-order valence-corrected chi connectivity index (χ3v) is 4.04. The van der Waals surface area contributed by atoms with Gasteiger partial charge in [-0.15, -0.1) is 0 Å². The van der Waals surface area contributed by atoms with Crippen LogP contribution in [0.15, 0.2) is 24.3 Å². The minimum absolute atomic E-state index is 0.153. The Kier molecular flexibility index (Phi) is 3.47. The number of hydrogen-bond acceptors (Lipinski definition) is 1. The van der Waals surface area contributed by atoms with E-state index in [1.807, 2.05) is 0 Å². The Bertz CT molecular complexity index is 425. The minimum atomic E-state index is -0.641. The van der Waals surface area contributed by atoms with Crippen LogP contribution >= 0.6 is 0 Å². The molecule has 2 nitrogen and oxygen atoms in total. The summed E-state index contributed by atoms with van der Waals surface area (Å²) in [5.41, 5.74) is 2.64. The number of hydrogen-bond donors (Lipinski definition) is 1. The molecule has 0 heterocycles. The molecule has 0 bridgehead atoms. The van der Waals surface area contributed by atoms with E-state index < -0.39 is 5.97 Å². The van der Waals surface area contributed by atoms with Gasteiger partial charge in [-0.2, -0.15) is 0 Å². The monoisotopic (exact) mass is 246 g/mol. The Morgan fingerprint density at radius 1 is 1.17 bits per heavy atom. The van der Waals surface area contributed by atoms with Crippen LogP contribution in [0.2, 0.25) is 0 Å². The predicted molar refractivity (Wildman–Crippen MR) is 72.9 cm³/mol. The molecule has 1 N–H and O–H groups in total. The molecule has 0 amide bonds. The second-order valence-corrected chi connectivity index (χ2v) is 6.35. The molecule has 1 fully saturated rings. The van der Waals surface area contributed by atoms with Crippen molar-refractivity contribution in [3.8, 4) is 0 Å². The normalized spacial score (nSPS) is 24.2. The number of benzene rings is 1. The van der Waals surface area contributed by atoms with E-state index in [0.717, 1.165) is 19.3 Å². The maximum Gasteiger partial charge on any atom is 0.307 e. The molecule has 2 heteroatoms. The summed E-state index contributed by atoms with van der Waals surface area (Å²) >= 11 is 0. The van der Waals surface area contributed by atoms with E-state index in [-0.39, 0.29) is 17.3 Å². The van der Waals surface area contributed by atoms with Crippen LogP contribution in [0.4, 0.5) is 0 Å². The van der Waals surface area contributed by atoms with Gasteiger partial charge in [0.1, 0.15) is 0 Å². The van der Waals surface area contributed by atoms with Crippen LogP contribution in [0.25, 0.3) is 0 Å². The average molecular weight is 246 g/mol. The number of carboxylic acid groups (broad SMARTS) is 1. The predicted octanol–water partition coefficient (Wildman–Crippen LogP) is 3.95. The summed E-state index contributed by atoms with van der Waals surface area (Å²) in [5.74, 6) is -0.626. The molecule has 1 saturated carbocycles. The topological polar surface area (TPSA) is 37.3 Å². The molecule has 0 aromatic heterocycles. The van der Waals surface area contributed by atoms with E-state index in [2.05, 4.69) is 45.0 Å². The molecule has 1 aliphatic carbocycles. The van der Waals surface area contributed by atoms with Crippen LogP contribution in [0.1, 0.15) is 57.1 Å². The van der Waals surface area contributed by atoms with Crippen molar-refractivity contribution in [1.82, 2.24) is 0 Å². The Morgan fingerprint density at radius 3 is 2.28 bits per heavy atom. The second-order valence-electron chi connectivity index (χ2n) is 6.35. The van der Waals surface area contributed by atoms with Gasteiger partial charge in [0.15, 0.2) is 0 Å². The summed E-state index contributed by atoms with van der Waals surface area (Å²) in [4.78, 5) is 11.2. The molecule has 1 aromatic carbocycles. The molecule has 98 valence electrons. The van der Waals surface area contributed by atoms with Crippen LogP contribution < -0.4 is 0 Å². The Labute approximate surface area is 109 Å². The summed E-state index contributed by atoms with van der Waals surface area (Å²) in [7, 11) is 0. The van der Waals surface area contributed by atoms with Crippen molar-refractivity contribution in [1.29, 1.82) is 0 Å². The molecular weight excluding hydrogens is 224 g/mol. The van der Waals surface area contributed by atoms with Gasteiger partial charge in [0.2, 0.25) is 0 Å². The molecule has 0 radical (unpaired) electrons. The lowest BCUT2D eigenvalue weighted by Gasteiger charge is -2.21. The molecule has 2 rings (SSSR count). The van der Waals surface area contributed by atoms with Gasteiger partial charge in [0.05, 0.1) is 5.92 Å². The molecule has 2 unspecified atom stereocenters. The van der Waals surface area contributed by atoms with Gasteiger partial charge in [-0.25, -0.2) is 0 Å². The summed E-state index contributed by atoms with van der Waals surface area (Å²) in [6.45, 7) is 6.58. The number of aliphatic carboxylic acids is 1. The van der Waals surface area contributed by atoms with E-state index in [9.17, 15) is 9.90 Å². The lowest BCUT2D eigenvalue weighted by Crippen LogP contribution is -2.17. The average Bonchev–Trinajstić information content (AvgIpc) is 2.77. The summed E-state index contributed by atoms with van der Waals surface area (Å²) in [6, 6.07) is 8.53. The van der Waals surface area contributed by atoms with Gasteiger partial charge in [-0.1, -0.05) is 51.5 Å². The molecular formula is C16H22O2. The summed E-state index contributed by atoms with van der Waals surface area (Å²) < 4.78 is 0. The van der Waals surface area contributed by atoms with Crippen molar-refractivity contribution in [2.24, 2.45) is 5.92 Å². The molecule has 2 atom stereocenters. The van der Waals surface area contributed by atoms with Crippen molar-refractivity contribution >= 4 is 5.97 Å². The van der Waals surface area contributed by atoms with Crippen molar-refractivity contribution in [3.05, 3.63) is 35.4 Å². The quantitative estimate of drug-likeness (QED) is 0.857. The largest absolute Gasteiger partial charge is 0.481 e. The maximum atomic E-state index is 11.2. The first-order valence-electron chi connectivity index (χ1n) is 6.73. The van der Waals surface area contributed by atoms with Crippen LogP contribution in [0.5, 0.6) is 0 Å². The number of carbonyl (C=O) groups is 1. The standard InChI is InChI=1S/C16H22O2/c1-16(2,3)12-9-7-11(8-10-12)13-5-4-6-14(13)15(17)18/h7-10,13-14H,4-6H2,1-3H3,(H,17,18). The van der Waals surface area contributed by atoms with E-state index in [1.165, 1.54) is 11.1 Å². The van der Waals surface area contributed by atoms with Gasteiger partial charge >= 0.3 is 5.97 Å².